The summed E-state index contributed by atoms with van der Waals surface area (Å²) >= 11 is 1.70. The highest BCUT2D eigenvalue weighted by atomic mass is 32.2. The summed E-state index contributed by atoms with van der Waals surface area (Å²) in [6.07, 6.45) is -0.550. The van der Waals surface area contributed by atoms with E-state index in [0.29, 0.717) is 0 Å². The van der Waals surface area contributed by atoms with E-state index in [1.54, 1.807) is 11.8 Å². The van der Waals surface area contributed by atoms with Crippen molar-refractivity contribution in [2.24, 2.45) is 5.41 Å². The Balaban J connectivity index is 2.07. The van der Waals surface area contributed by atoms with Crippen molar-refractivity contribution >= 4 is 23.6 Å². The van der Waals surface area contributed by atoms with Gasteiger partial charge in [-0.15, -0.1) is 11.8 Å². The number of carboxylic acid groups (broad SMARTS) is 1. The third-order valence-electron chi connectivity index (χ3n) is 3.86. The summed E-state index contributed by atoms with van der Waals surface area (Å²) < 4.78 is 5.27. The third-order valence-corrected chi connectivity index (χ3v) is 5.36. The molecule has 1 N–H and O–H groups in total. The molecule has 1 aromatic rings. The number of carbonyl (C=O) groups excluding carboxylic acids is 1. The number of methoxy groups -OCH3 is 1. The molecule has 2 atom stereocenters. The molecule has 5 nitrogen and oxygen atoms in total. The van der Waals surface area contributed by atoms with Gasteiger partial charge in [-0.25, -0.2) is 0 Å². The van der Waals surface area contributed by atoms with Crippen LogP contribution in [0, 0.1) is 5.41 Å². The number of ether oxygens (including phenoxy) is 1. The molecule has 0 saturated carbocycles. The number of nitrogens with zero attached hydrogens (tertiary/aromatic N) is 1. The predicted octanol–water partition coefficient (Wildman–Crippen LogP) is 2.12. The zero-order chi connectivity index (χ0) is 16.3. The highest BCUT2D eigenvalue weighted by molar-refractivity contribution is 7.99. The van der Waals surface area contributed by atoms with Crippen LogP contribution in [0.4, 0.5) is 0 Å². The third kappa shape index (κ3) is 3.44. The van der Waals surface area contributed by atoms with Crippen LogP contribution in [0.3, 0.4) is 0 Å². The lowest BCUT2D eigenvalue weighted by Gasteiger charge is -2.52. The Bertz CT molecular complexity index is 546. The van der Waals surface area contributed by atoms with Crippen LogP contribution >= 0.6 is 11.8 Å². The molecule has 0 spiro atoms. The summed E-state index contributed by atoms with van der Waals surface area (Å²) in [5, 5.41) is 8.98. The number of likely N-dealkylation sites (tertiary alicyclic amines) is 1. The van der Waals surface area contributed by atoms with Crippen LogP contribution in [0.2, 0.25) is 0 Å². The molecule has 0 radical (unpaired) electrons. The standard InChI is InChI=1S/C16H21NO4S/c1-16(2,10-22-11-7-5-4-6-8-11)14-13(21-3)15(20)17(14)9-12(18)19/h4-8,13-14H,9-10H2,1-3H3,(H,18,19). The van der Waals surface area contributed by atoms with E-state index in [-0.39, 0.29) is 23.9 Å². The minimum atomic E-state index is -1.00. The summed E-state index contributed by atoms with van der Waals surface area (Å²) in [6.45, 7) is 3.81. The summed E-state index contributed by atoms with van der Waals surface area (Å²) in [7, 11) is 1.49. The van der Waals surface area contributed by atoms with E-state index in [9.17, 15) is 9.59 Å². The Kier molecular flexibility index (Phi) is 5.13. The van der Waals surface area contributed by atoms with Crippen LogP contribution in [-0.2, 0) is 14.3 Å². The second-order valence-corrected chi connectivity index (χ2v) is 7.10. The molecule has 1 amide bonds. The number of thioether (sulfide) groups is 1. The van der Waals surface area contributed by atoms with Crippen molar-refractivity contribution in [3.63, 3.8) is 0 Å². The van der Waals surface area contributed by atoms with Gasteiger partial charge in [0.1, 0.15) is 6.54 Å². The molecule has 0 aromatic heterocycles. The van der Waals surface area contributed by atoms with Gasteiger partial charge in [0.05, 0.1) is 6.04 Å². The summed E-state index contributed by atoms with van der Waals surface area (Å²) in [5.41, 5.74) is -0.259. The molecule has 1 aliphatic rings. The number of aliphatic carboxylic acids is 1. The van der Waals surface area contributed by atoms with Gasteiger partial charge >= 0.3 is 5.97 Å². The maximum absolute atomic E-state index is 12.0. The smallest absolute Gasteiger partial charge is 0.323 e. The largest absolute Gasteiger partial charge is 0.480 e. The molecule has 0 bridgehead atoms. The molecule has 1 heterocycles. The van der Waals surface area contributed by atoms with Crippen molar-refractivity contribution in [3.05, 3.63) is 30.3 Å². The molecule has 2 rings (SSSR count). The van der Waals surface area contributed by atoms with Gasteiger partial charge < -0.3 is 14.7 Å². The fraction of sp³-hybridized carbons (Fsp3) is 0.500. The lowest BCUT2D eigenvalue weighted by molar-refractivity contribution is -0.183. The maximum atomic E-state index is 12.0. The topological polar surface area (TPSA) is 66.8 Å². The molecule has 0 aliphatic carbocycles. The van der Waals surface area contributed by atoms with E-state index in [1.807, 2.05) is 44.2 Å². The van der Waals surface area contributed by atoms with Crippen LogP contribution in [0.1, 0.15) is 13.8 Å². The van der Waals surface area contributed by atoms with E-state index in [2.05, 4.69) is 0 Å². The van der Waals surface area contributed by atoms with Crippen LogP contribution in [0.15, 0.2) is 35.2 Å². The Labute approximate surface area is 134 Å². The monoisotopic (exact) mass is 323 g/mol. The number of amides is 1. The van der Waals surface area contributed by atoms with Gasteiger partial charge in [0.15, 0.2) is 6.10 Å². The highest BCUT2D eigenvalue weighted by Crippen LogP contribution is 2.40. The first kappa shape index (κ1) is 16.8. The van der Waals surface area contributed by atoms with Gasteiger partial charge in [-0.3, -0.25) is 9.59 Å². The number of carboxylic acids is 1. The molecule has 1 aromatic carbocycles. The predicted molar refractivity (Wildman–Crippen MR) is 84.9 cm³/mol. The SMILES string of the molecule is COC1C(=O)N(CC(=O)O)C1C(C)(C)CSc1ccccc1. The lowest BCUT2D eigenvalue weighted by atomic mass is 9.76. The normalized spacial score (nSPS) is 21.6. The van der Waals surface area contributed by atoms with Crippen LogP contribution in [0.5, 0.6) is 0 Å². The molecule has 2 unspecified atom stereocenters. The van der Waals surface area contributed by atoms with Crippen molar-refractivity contribution in [1.29, 1.82) is 0 Å². The second-order valence-electron chi connectivity index (χ2n) is 6.05. The van der Waals surface area contributed by atoms with Gasteiger partial charge in [-0.05, 0) is 17.5 Å². The van der Waals surface area contributed by atoms with Gasteiger partial charge in [0.2, 0.25) is 0 Å². The number of carbonyl (C=O) groups is 2. The Hall–Kier alpha value is -1.53. The summed E-state index contributed by atoms with van der Waals surface area (Å²) in [5.74, 6) is -0.475. The van der Waals surface area contributed by atoms with Crippen molar-refractivity contribution in [3.8, 4) is 0 Å². The molecule has 1 aliphatic heterocycles. The first-order valence-corrected chi connectivity index (χ1v) is 8.08. The number of hydrogen-bond donors (Lipinski definition) is 1. The van der Waals surface area contributed by atoms with Crippen LogP contribution in [0.25, 0.3) is 0 Å². The van der Waals surface area contributed by atoms with Crippen LogP contribution < -0.4 is 0 Å². The molecule has 120 valence electrons. The first-order valence-electron chi connectivity index (χ1n) is 7.10. The van der Waals surface area contributed by atoms with E-state index in [0.717, 1.165) is 10.6 Å². The van der Waals surface area contributed by atoms with Gasteiger partial charge in [-0.2, -0.15) is 0 Å². The highest BCUT2D eigenvalue weighted by Gasteiger charge is 2.55. The minimum absolute atomic E-state index is 0.225. The van der Waals surface area contributed by atoms with Crippen molar-refractivity contribution < 1.29 is 19.4 Å². The van der Waals surface area contributed by atoms with Gasteiger partial charge in [0, 0.05) is 17.8 Å². The Morgan fingerprint density at radius 3 is 2.55 bits per heavy atom. The molecule has 1 fully saturated rings. The number of β-lactam (4-membered cyclic amide) rings is 1. The molecule has 1 saturated heterocycles. The summed E-state index contributed by atoms with van der Waals surface area (Å²) in [6, 6.07) is 9.78. The number of benzene rings is 1. The van der Waals surface area contributed by atoms with Gasteiger partial charge in [-0.1, -0.05) is 32.0 Å². The second kappa shape index (κ2) is 6.71. The molecule has 22 heavy (non-hydrogen) atoms. The average molecular weight is 323 g/mol. The van der Waals surface area contributed by atoms with E-state index < -0.39 is 12.1 Å². The molecule has 6 heteroatoms. The van der Waals surface area contributed by atoms with Crippen molar-refractivity contribution in [2.45, 2.75) is 30.9 Å². The quantitative estimate of drug-likeness (QED) is 0.615. The fourth-order valence-corrected chi connectivity index (χ4v) is 3.83. The van der Waals surface area contributed by atoms with E-state index in [1.165, 1.54) is 12.0 Å². The van der Waals surface area contributed by atoms with Gasteiger partial charge in [0.25, 0.3) is 5.91 Å². The molecular formula is C16H21NO4S. The summed E-state index contributed by atoms with van der Waals surface area (Å²) in [4.78, 5) is 25.5. The Morgan fingerprint density at radius 2 is 2.00 bits per heavy atom. The fourth-order valence-electron chi connectivity index (χ4n) is 2.77. The van der Waals surface area contributed by atoms with E-state index in [4.69, 9.17) is 9.84 Å². The zero-order valence-electron chi connectivity index (χ0n) is 13.0. The van der Waals surface area contributed by atoms with Crippen LogP contribution in [-0.4, -0.2) is 53.4 Å². The lowest BCUT2D eigenvalue weighted by Crippen LogP contribution is -2.71. The number of hydrogen-bond acceptors (Lipinski definition) is 4. The Morgan fingerprint density at radius 1 is 1.36 bits per heavy atom. The van der Waals surface area contributed by atoms with Crippen molar-refractivity contribution in [2.75, 3.05) is 19.4 Å². The average Bonchev–Trinajstić information content (AvgIpc) is 2.48. The minimum Gasteiger partial charge on any atom is -0.480 e. The molecular weight excluding hydrogens is 302 g/mol. The number of rotatable bonds is 7. The van der Waals surface area contributed by atoms with E-state index >= 15 is 0 Å². The first-order chi connectivity index (χ1) is 10.4. The maximum Gasteiger partial charge on any atom is 0.323 e. The van der Waals surface area contributed by atoms with Crippen molar-refractivity contribution in [1.82, 2.24) is 4.90 Å². The zero-order valence-corrected chi connectivity index (χ0v) is 13.8.